The summed E-state index contributed by atoms with van der Waals surface area (Å²) in [5.41, 5.74) is 6.38. The second-order valence-corrected chi connectivity index (χ2v) is 4.21. The largest absolute Gasteiger partial charge is 0.476 e. The van der Waals surface area contributed by atoms with E-state index >= 15 is 0 Å². The number of ether oxygens (including phenoxy) is 1. The van der Waals surface area contributed by atoms with E-state index in [9.17, 15) is 0 Å². The van der Waals surface area contributed by atoms with E-state index in [-0.39, 0.29) is 0 Å². The van der Waals surface area contributed by atoms with E-state index in [0.29, 0.717) is 17.5 Å². The Morgan fingerprint density at radius 3 is 2.87 bits per heavy atom. The summed E-state index contributed by atoms with van der Waals surface area (Å²) >= 11 is 0. The van der Waals surface area contributed by atoms with Gasteiger partial charge in [0.25, 0.3) is 0 Å². The number of hydrogen-bond acceptors (Lipinski definition) is 3. The van der Waals surface area contributed by atoms with Crippen LogP contribution in [0.5, 0.6) is 5.88 Å². The quantitative estimate of drug-likeness (QED) is 0.827. The standard InChI is InChI=1S/C12H18N2O/c13-11-7-4-8-14-12(11)15-9-10-5-2-1-3-6-10/h4,7-8,10H,1-3,5-6,9,13H2. The van der Waals surface area contributed by atoms with Crippen LogP contribution in [0.1, 0.15) is 32.1 Å². The maximum atomic E-state index is 5.75. The van der Waals surface area contributed by atoms with Crippen LogP contribution in [0.15, 0.2) is 18.3 Å². The lowest BCUT2D eigenvalue weighted by Gasteiger charge is -2.21. The summed E-state index contributed by atoms with van der Waals surface area (Å²) in [6, 6.07) is 3.64. The van der Waals surface area contributed by atoms with Crippen LogP contribution < -0.4 is 10.5 Å². The second kappa shape index (κ2) is 5.01. The van der Waals surface area contributed by atoms with E-state index in [1.807, 2.05) is 12.1 Å². The number of nitrogens with zero attached hydrogens (tertiary/aromatic N) is 1. The van der Waals surface area contributed by atoms with E-state index in [1.54, 1.807) is 6.20 Å². The van der Waals surface area contributed by atoms with Gasteiger partial charge >= 0.3 is 0 Å². The Labute approximate surface area is 90.7 Å². The topological polar surface area (TPSA) is 48.1 Å². The Kier molecular flexibility index (Phi) is 3.43. The average Bonchev–Trinajstić information content (AvgIpc) is 2.29. The minimum absolute atomic E-state index is 0.586. The lowest BCUT2D eigenvalue weighted by atomic mass is 9.90. The maximum absolute atomic E-state index is 5.75. The molecular weight excluding hydrogens is 188 g/mol. The van der Waals surface area contributed by atoms with Crippen molar-refractivity contribution in [3.8, 4) is 5.88 Å². The number of aromatic nitrogens is 1. The highest BCUT2D eigenvalue weighted by atomic mass is 16.5. The van der Waals surface area contributed by atoms with E-state index in [2.05, 4.69) is 4.98 Å². The molecule has 15 heavy (non-hydrogen) atoms. The van der Waals surface area contributed by atoms with Crippen LogP contribution in [0.3, 0.4) is 0 Å². The predicted molar refractivity (Wildman–Crippen MR) is 60.7 cm³/mol. The highest BCUT2D eigenvalue weighted by Crippen LogP contribution is 2.25. The van der Waals surface area contributed by atoms with Crippen LogP contribution in [0, 0.1) is 5.92 Å². The molecule has 0 saturated heterocycles. The molecule has 0 spiro atoms. The summed E-state index contributed by atoms with van der Waals surface area (Å²) in [6.45, 7) is 0.765. The third-order valence-corrected chi connectivity index (χ3v) is 2.98. The highest BCUT2D eigenvalue weighted by molar-refractivity contribution is 5.46. The molecule has 0 aromatic carbocycles. The van der Waals surface area contributed by atoms with E-state index in [0.717, 1.165) is 6.61 Å². The van der Waals surface area contributed by atoms with Gasteiger partial charge in [-0.3, -0.25) is 0 Å². The molecule has 0 bridgehead atoms. The molecule has 3 heteroatoms. The van der Waals surface area contributed by atoms with Gasteiger partial charge in [-0.25, -0.2) is 4.98 Å². The number of rotatable bonds is 3. The first-order valence-corrected chi connectivity index (χ1v) is 5.69. The van der Waals surface area contributed by atoms with Crippen LogP contribution >= 0.6 is 0 Å². The van der Waals surface area contributed by atoms with Crippen molar-refractivity contribution < 1.29 is 4.74 Å². The van der Waals surface area contributed by atoms with Gasteiger partial charge in [-0.1, -0.05) is 19.3 Å². The maximum Gasteiger partial charge on any atom is 0.237 e. The third-order valence-electron chi connectivity index (χ3n) is 2.98. The van der Waals surface area contributed by atoms with Gasteiger partial charge in [0.2, 0.25) is 5.88 Å². The van der Waals surface area contributed by atoms with Crippen molar-refractivity contribution >= 4 is 5.69 Å². The minimum atomic E-state index is 0.586. The number of hydrogen-bond donors (Lipinski definition) is 1. The van der Waals surface area contributed by atoms with Gasteiger partial charge in [0.05, 0.1) is 12.3 Å². The Morgan fingerprint density at radius 1 is 1.33 bits per heavy atom. The van der Waals surface area contributed by atoms with Crippen LogP contribution in [-0.2, 0) is 0 Å². The van der Waals surface area contributed by atoms with Gasteiger partial charge in [-0.2, -0.15) is 0 Å². The van der Waals surface area contributed by atoms with Gasteiger partial charge in [0, 0.05) is 6.20 Å². The molecular formula is C12H18N2O. The molecule has 1 saturated carbocycles. The van der Waals surface area contributed by atoms with Gasteiger partial charge in [-0.05, 0) is 30.9 Å². The van der Waals surface area contributed by atoms with Gasteiger partial charge < -0.3 is 10.5 Å². The van der Waals surface area contributed by atoms with Crippen molar-refractivity contribution in [2.75, 3.05) is 12.3 Å². The first kappa shape index (κ1) is 10.3. The molecule has 2 N–H and O–H groups in total. The van der Waals surface area contributed by atoms with Crippen LogP contribution in [0.2, 0.25) is 0 Å². The first-order chi connectivity index (χ1) is 7.36. The zero-order valence-electron chi connectivity index (χ0n) is 8.98. The van der Waals surface area contributed by atoms with E-state index in [1.165, 1.54) is 32.1 Å². The van der Waals surface area contributed by atoms with E-state index in [4.69, 9.17) is 10.5 Å². The molecule has 1 aromatic rings. The first-order valence-electron chi connectivity index (χ1n) is 5.69. The van der Waals surface area contributed by atoms with Crippen molar-refractivity contribution in [2.45, 2.75) is 32.1 Å². The Hall–Kier alpha value is -1.25. The summed E-state index contributed by atoms with van der Waals surface area (Å²) in [6.07, 6.45) is 8.34. The number of nitrogens with two attached hydrogens (primary N) is 1. The number of pyridine rings is 1. The summed E-state index contributed by atoms with van der Waals surface area (Å²) in [5.74, 6) is 1.28. The van der Waals surface area contributed by atoms with Gasteiger partial charge in [0.15, 0.2) is 0 Å². The SMILES string of the molecule is Nc1cccnc1OCC1CCCCC1. The normalized spacial score (nSPS) is 17.6. The monoisotopic (exact) mass is 206 g/mol. The smallest absolute Gasteiger partial charge is 0.237 e. The zero-order chi connectivity index (χ0) is 10.5. The molecule has 82 valence electrons. The van der Waals surface area contributed by atoms with Crippen molar-refractivity contribution in [3.05, 3.63) is 18.3 Å². The lowest BCUT2D eigenvalue weighted by molar-refractivity contribution is 0.204. The predicted octanol–water partition coefficient (Wildman–Crippen LogP) is 2.62. The van der Waals surface area contributed by atoms with E-state index < -0.39 is 0 Å². The summed E-state index contributed by atoms with van der Waals surface area (Å²) in [7, 11) is 0. The molecule has 1 aromatic heterocycles. The number of anilines is 1. The molecule has 2 rings (SSSR count). The summed E-state index contributed by atoms with van der Waals surface area (Å²) < 4.78 is 5.64. The Morgan fingerprint density at radius 2 is 2.13 bits per heavy atom. The summed E-state index contributed by atoms with van der Waals surface area (Å²) in [4.78, 5) is 4.12. The average molecular weight is 206 g/mol. The fourth-order valence-corrected chi connectivity index (χ4v) is 2.07. The summed E-state index contributed by atoms with van der Waals surface area (Å²) in [5, 5.41) is 0. The van der Waals surface area contributed by atoms with Crippen molar-refractivity contribution in [2.24, 2.45) is 5.92 Å². The fourth-order valence-electron chi connectivity index (χ4n) is 2.07. The molecule has 0 aliphatic heterocycles. The van der Waals surface area contributed by atoms with Crippen LogP contribution in [-0.4, -0.2) is 11.6 Å². The lowest BCUT2D eigenvalue weighted by Crippen LogP contribution is -2.16. The van der Waals surface area contributed by atoms with Crippen molar-refractivity contribution in [1.82, 2.24) is 4.98 Å². The molecule has 1 fully saturated rings. The molecule has 3 nitrogen and oxygen atoms in total. The molecule has 0 amide bonds. The third kappa shape index (κ3) is 2.85. The molecule has 1 aliphatic rings. The van der Waals surface area contributed by atoms with Crippen LogP contribution in [0.25, 0.3) is 0 Å². The van der Waals surface area contributed by atoms with Crippen LogP contribution in [0.4, 0.5) is 5.69 Å². The highest BCUT2D eigenvalue weighted by Gasteiger charge is 2.14. The molecule has 1 aliphatic carbocycles. The Balaban J connectivity index is 1.84. The Bertz CT molecular complexity index is 308. The van der Waals surface area contributed by atoms with Gasteiger partial charge in [0.1, 0.15) is 0 Å². The van der Waals surface area contributed by atoms with Crippen molar-refractivity contribution in [1.29, 1.82) is 0 Å². The fraction of sp³-hybridized carbons (Fsp3) is 0.583. The molecule has 0 unspecified atom stereocenters. The second-order valence-electron chi connectivity index (χ2n) is 4.21. The molecule has 0 radical (unpaired) electrons. The van der Waals surface area contributed by atoms with Crippen molar-refractivity contribution in [3.63, 3.8) is 0 Å². The molecule has 1 heterocycles. The van der Waals surface area contributed by atoms with Gasteiger partial charge in [-0.15, -0.1) is 0 Å². The molecule has 0 atom stereocenters. The zero-order valence-corrected chi connectivity index (χ0v) is 8.98. The minimum Gasteiger partial charge on any atom is -0.476 e. The number of nitrogen functional groups attached to an aromatic ring is 1.